The van der Waals surface area contributed by atoms with Gasteiger partial charge in [0.15, 0.2) is 5.96 Å². The van der Waals surface area contributed by atoms with Crippen molar-refractivity contribution in [1.29, 1.82) is 0 Å². The number of guanidine groups is 1. The highest BCUT2D eigenvalue weighted by Crippen LogP contribution is 2.08. The summed E-state index contributed by atoms with van der Waals surface area (Å²) in [6, 6.07) is 0.134. The van der Waals surface area contributed by atoms with Gasteiger partial charge in [-0.05, 0) is 20.3 Å². The van der Waals surface area contributed by atoms with Gasteiger partial charge in [-0.2, -0.15) is 0 Å². The van der Waals surface area contributed by atoms with Gasteiger partial charge in [-0.25, -0.2) is 4.99 Å². The Labute approximate surface area is 85.2 Å². The molecule has 4 heteroatoms. The van der Waals surface area contributed by atoms with E-state index in [-0.39, 0.29) is 11.9 Å². The third kappa shape index (κ3) is 3.01. The molecule has 0 aromatic heterocycles. The fourth-order valence-electron chi connectivity index (χ4n) is 1.39. The highest BCUT2D eigenvalue weighted by atomic mass is 16.2. The number of carbonyl (C=O) groups excluding carboxylic acids is 1. The molecule has 0 saturated heterocycles. The lowest BCUT2D eigenvalue weighted by Crippen LogP contribution is -2.40. The molecule has 0 spiro atoms. The van der Waals surface area contributed by atoms with Gasteiger partial charge in [-0.1, -0.05) is 19.8 Å². The summed E-state index contributed by atoms with van der Waals surface area (Å²) in [6.45, 7) is 6.16. The summed E-state index contributed by atoms with van der Waals surface area (Å²) < 4.78 is 0. The van der Waals surface area contributed by atoms with Crippen LogP contribution in [0.15, 0.2) is 4.99 Å². The predicted octanol–water partition coefficient (Wildman–Crippen LogP) is 1.03. The first-order valence-electron chi connectivity index (χ1n) is 5.28. The van der Waals surface area contributed by atoms with Gasteiger partial charge in [0, 0.05) is 6.04 Å². The molecule has 1 rings (SSSR count). The Hall–Kier alpha value is -1.06. The summed E-state index contributed by atoms with van der Waals surface area (Å²) in [7, 11) is 0. The molecule has 0 radical (unpaired) electrons. The van der Waals surface area contributed by atoms with Crippen molar-refractivity contribution in [3.63, 3.8) is 0 Å². The number of aliphatic imine (C=N–C) groups is 1. The molecule has 1 atom stereocenters. The van der Waals surface area contributed by atoms with E-state index in [0.29, 0.717) is 12.0 Å². The topological polar surface area (TPSA) is 53.5 Å². The minimum Gasteiger partial charge on any atom is -0.354 e. The normalized spacial score (nSPS) is 21.0. The maximum Gasteiger partial charge on any atom is 0.251 e. The van der Waals surface area contributed by atoms with Gasteiger partial charge < -0.3 is 5.32 Å². The van der Waals surface area contributed by atoms with Gasteiger partial charge in [0.25, 0.3) is 5.91 Å². The van der Waals surface area contributed by atoms with Crippen LogP contribution in [0.1, 0.15) is 40.0 Å². The molecule has 2 N–H and O–H groups in total. The molecule has 1 unspecified atom stereocenters. The second-order valence-electron chi connectivity index (χ2n) is 3.92. The Morgan fingerprint density at radius 1 is 1.57 bits per heavy atom. The number of hydrogen-bond donors (Lipinski definition) is 2. The fraction of sp³-hybridized carbons (Fsp3) is 0.800. The highest BCUT2D eigenvalue weighted by molar-refractivity contribution is 6.04. The van der Waals surface area contributed by atoms with Crippen LogP contribution in [0, 0.1) is 0 Å². The molecule has 1 aliphatic rings. The van der Waals surface area contributed by atoms with Gasteiger partial charge >= 0.3 is 0 Å². The summed E-state index contributed by atoms with van der Waals surface area (Å²) in [6.07, 6.45) is 3.01. The standard InChI is InChI=1S/C10H19N3O/c1-4-5-6-8-9(14)13-10(12-8)11-7(2)3/h7-8H,4-6H2,1-3H3,(H2,11,12,13,14). The van der Waals surface area contributed by atoms with E-state index in [9.17, 15) is 4.79 Å². The van der Waals surface area contributed by atoms with E-state index in [0.717, 1.165) is 19.3 Å². The monoisotopic (exact) mass is 197 g/mol. The van der Waals surface area contributed by atoms with E-state index in [1.54, 1.807) is 0 Å². The molecule has 0 saturated carbocycles. The van der Waals surface area contributed by atoms with Crippen molar-refractivity contribution in [2.24, 2.45) is 4.99 Å². The second kappa shape index (κ2) is 4.98. The molecule has 0 bridgehead atoms. The maximum absolute atomic E-state index is 11.4. The Morgan fingerprint density at radius 3 is 2.86 bits per heavy atom. The van der Waals surface area contributed by atoms with Crippen molar-refractivity contribution in [3.8, 4) is 0 Å². The first-order valence-corrected chi connectivity index (χ1v) is 5.28. The number of rotatable bonds is 4. The molecule has 0 fully saturated rings. The quantitative estimate of drug-likeness (QED) is 0.707. The molecule has 80 valence electrons. The van der Waals surface area contributed by atoms with E-state index in [1.807, 2.05) is 13.8 Å². The molecular formula is C10H19N3O. The average Bonchev–Trinajstić information content (AvgIpc) is 2.41. The molecular weight excluding hydrogens is 178 g/mol. The van der Waals surface area contributed by atoms with Crippen LogP contribution in [0.2, 0.25) is 0 Å². The van der Waals surface area contributed by atoms with Crippen LogP contribution in [-0.4, -0.2) is 24.0 Å². The largest absolute Gasteiger partial charge is 0.354 e. The van der Waals surface area contributed by atoms with Gasteiger partial charge in [0.1, 0.15) is 6.04 Å². The Kier molecular flexibility index (Phi) is 3.92. The minimum atomic E-state index is -0.170. The number of hydrogen-bond acceptors (Lipinski definition) is 3. The molecule has 14 heavy (non-hydrogen) atoms. The van der Waals surface area contributed by atoms with E-state index in [1.165, 1.54) is 0 Å². The highest BCUT2D eigenvalue weighted by Gasteiger charge is 2.25. The van der Waals surface area contributed by atoms with Crippen molar-refractivity contribution in [2.45, 2.75) is 52.1 Å². The lowest BCUT2D eigenvalue weighted by Gasteiger charge is -2.07. The van der Waals surface area contributed by atoms with Crippen LogP contribution in [0.25, 0.3) is 0 Å². The SMILES string of the molecule is CCCCC1N=C(NC(C)C)NC1=O. The first-order chi connectivity index (χ1) is 6.63. The van der Waals surface area contributed by atoms with Crippen molar-refractivity contribution in [1.82, 2.24) is 10.6 Å². The van der Waals surface area contributed by atoms with Crippen LogP contribution in [-0.2, 0) is 4.79 Å². The number of carbonyl (C=O) groups is 1. The van der Waals surface area contributed by atoms with Crippen molar-refractivity contribution < 1.29 is 4.79 Å². The third-order valence-electron chi connectivity index (χ3n) is 2.09. The van der Waals surface area contributed by atoms with E-state index >= 15 is 0 Å². The third-order valence-corrected chi connectivity index (χ3v) is 2.09. The molecule has 4 nitrogen and oxygen atoms in total. The van der Waals surface area contributed by atoms with Gasteiger partial charge in [0.2, 0.25) is 0 Å². The lowest BCUT2D eigenvalue weighted by molar-refractivity contribution is -0.120. The van der Waals surface area contributed by atoms with E-state index < -0.39 is 0 Å². The number of amides is 1. The molecule has 1 amide bonds. The van der Waals surface area contributed by atoms with Crippen LogP contribution < -0.4 is 10.6 Å². The smallest absolute Gasteiger partial charge is 0.251 e. The summed E-state index contributed by atoms with van der Waals surface area (Å²) in [5.74, 6) is 0.660. The maximum atomic E-state index is 11.4. The number of unbranched alkanes of at least 4 members (excludes halogenated alkanes) is 1. The van der Waals surface area contributed by atoms with Gasteiger partial charge in [-0.3, -0.25) is 10.1 Å². The average molecular weight is 197 g/mol. The lowest BCUT2D eigenvalue weighted by atomic mass is 10.1. The summed E-state index contributed by atoms with van der Waals surface area (Å²) in [5.41, 5.74) is 0. The van der Waals surface area contributed by atoms with Crippen LogP contribution >= 0.6 is 0 Å². The van der Waals surface area contributed by atoms with Crippen molar-refractivity contribution in [3.05, 3.63) is 0 Å². The fourth-order valence-corrected chi connectivity index (χ4v) is 1.39. The summed E-state index contributed by atoms with van der Waals surface area (Å²) in [5, 5.41) is 5.84. The zero-order valence-electron chi connectivity index (χ0n) is 9.13. The molecule has 0 aromatic rings. The van der Waals surface area contributed by atoms with E-state index in [4.69, 9.17) is 0 Å². The molecule has 1 aliphatic heterocycles. The Bertz CT molecular complexity index is 236. The zero-order valence-corrected chi connectivity index (χ0v) is 9.13. The minimum absolute atomic E-state index is 0.0293. The number of nitrogens with one attached hydrogen (secondary N) is 2. The first kappa shape index (κ1) is 11.0. The summed E-state index contributed by atoms with van der Waals surface area (Å²) in [4.78, 5) is 15.7. The molecule has 0 aliphatic carbocycles. The summed E-state index contributed by atoms with van der Waals surface area (Å²) >= 11 is 0. The zero-order chi connectivity index (χ0) is 10.6. The van der Waals surface area contributed by atoms with Crippen LogP contribution in [0.3, 0.4) is 0 Å². The molecule has 0 aromatic carbocycles. The predicted molar refractivity (Wildman–Crippen MR) is 57.2 cm³/mol. The van der Waals surface area contributed by atoms with Crippen molar-refractivity contribution >= 4 is 11.9 Å². The van der Waals surface area contributed by atoms with Crippen LogP contribution in [0.4, 0.5) is 0 Å². The molecule has 1 heterocycles. The Balaban J connectivity index is 2.44. The second-order valence-corrected chi connectivity index (χ2v) is 3.92. The van der Waals surface area contributed by atoms with Crippen molar-refractivity contribution in [2.75, 3.05) is 0 Å². The Morgan fingerprint density at radius 2 is 2.29 bits per heavy atom. The van der Waals surface area contributed by atoms with Crippen LogP contribution in [0.5, 0.6) is 0 Å². The number of nitrogens with zero attached hydrogens (tertiary/aromatic N) is 1. The van der Waals surface area contributed by atoms with Gasteiger partial charge in [-0.15, -0.1) is 0 Å². The van der Waals surface area contributed by atoms with E-state index in [2.05, 4.69) is 22.5 Å². The van der Waals surface area contributed by atoms with Gasteiger partial charge in [0.05, 0.1) is 0 Å².